The molecule has 102 valence electrons. The minimum absolute atomic E-state index is 0.414. The third-order valence-electron chi connectivity index (χ3n) is 3.57. The van der Waals surface area contributed by atoms with Gasteiger partial charge in [0.15, 0.2) is 0 Å². The van der Waals surface area contributed by atoms with Crippen molar-refractivity contribution >= 4 is 0 Å². The molecular weight excluding hydrogens is 210 g/mol. The van der Waals surface area contributed by atoms with Crippen LogP contribution in [0.3, 0.4) is 0 Å². The molecule has 1 aliphatic rings. The van der Waals surface area contributed by atoms with Crippen LogP contribution >= 0.6 is 0 Å². The van der Waals surface area contributed by atoms with Crippen molar-refractivity contribution in [1.29, 1.82) is 0 Å². The van der Waals surface area contributed by atoms with Crippen molar-refractivity contribution in [3.63, 3.8) is 0 Å². The number of hydrogen-bond acceptors (Lipinski definition) is 2. The summed E-state index contributed by atoms with van der Waals surface area (Å²) in [5.41, 5.74) is 0. The first-order valence-electron chi connectivity index (χ1n) is 7.58. The van der Waals surface area contributed by atoms with Crippen LogP contribution in [-0.2, 0) is 4.74 Å². The van der Waals surface area contributed by atoms with E-state index in [0.29, 0.717) is 12.2 Å². The van der Waals surface area contributed by atoms with Gasteiger partial charge in [0.25, 0.3) is 0 Å². The Labute approximate surface area is 108 Å². The zero-order chi connectivity index (χ0) is 12.5. The predicted octanol–water partition coefficient (Wildman–Crippen LogP) is 3.75. The maximum Gasteiger partial charge on any atom is 0.0700 e. The highest BCUT2D eigenvalue weighted by Crippen LogP contribution is 2.21. The molecule has 0 saturated heterocycles. The Balaban J connectivity index is 2.19. The van der Waals surface area contributed by atoms with E-state index < -0.39 is 0 Å². The van der Waals surface area contributed by atoms with E-state index in [-0.39, 0.29) is 0 Å². The van der Waals surface area contributed by atoms with Gasteiger partial charge in [-0.15, -0.1) is 0 Å². The Kier molecular flexibility index (Phi) is 7.87. The summed E-state index contributed by atoms with van der Waals surface area (Å²) in [7, 11) is 0. The number of rotatable bonds is 7. The van der Waals surface area contributed by atoms with Crippen molar-refractivity contribution in [2.45, 2.75) is 77.9 Å². The standard InChI is InChI=1S/C15H31NO/c1-4-14(12-16-11-13(2)3)17-15-9-7-5-6-8-10-15/h13-16H,4-12H2,1-3H3. The number of nitrogens with one attached hydrogen (secondary N) is 1. The lowest BCUT2D eigenvalue weighted by atomic mass is 10.1. The zero-order valence-electron chi connectivity index (χ0n) is 12.0. The summed E-state index contributed by atoms with van der Waals surface area (Å²) in [6.45, 7) is 8.86. The Morgan fingerprint density at radius 3 is 2.24 bits per heavy atom. The second-order valence-electron chi connectivity index (χ2n) is 5.83. The van der Waals surface area contributed by atoms with Crippen LogP contribution in [0.2, 0.25) is 0 Å². The largest absolute Gasteiger partial charge is 0.374 e. The van der Waals surface area contributed by atoms with Crippen LogP contribution in [0, 0.1) is 5.92 Å². The monoisotopic (exact) mass is 241 g/mol. The molecule has 1 fully saturated rings. The lowest BCUT2D eigenvalue weighted by Crippen LogP contribution is -2.33. The van der Waals surface area contributed by atoms with Gasteiger partial charge in [0, 0.05) is 6.54 Å². The fourth-order valence-corrected chi connectivity index (χ4v) is 2.47. The fraction of sp³-hybridized carbons (Fsp3) is 1.00. The lowest BCUT2D eigenvalue weighted by Gasteiger charge is -2.24. The van der Waals surface area contributed by atoms with E-state index in [9.17, 15) is 0 Å². The third-order valence-corrected chi connectivity index (χ3v) is 3.57. The van der Waals surface area contributed by atoms with Gasteiger partial charge in [-0.25, -0.2) is 0 Å². The van der Waals surface area contributed by atoms with Crippen LogP contribution in [0.4, 0.5) is 0 Å². The number of hydrogen-bond donors (Lipinski definition) is 1. The van der Waals surface area contributed by atoms with Crippen molar-refractivity contribution in [2.24, 2.45) is 5.92 Å². The first-order chi connectivity index (χ1) is 8.22. The highest BCUT2D eigenvalue weighted by molar-refractivity contribution is 4.68. The molecule has 1 unspecified atom stereocenters. The molecule has 0 amide bonds. The molecule has 2 heteroatoms. The van der Waals surface area contributed by atoms with Gasteiger partial charge < -0.3 is 10.1 Å². The molecule has 0 radical (unpaired) electrons. The summed E-state index contributed by atoms with van der Waals surface area (Å²) in [6, 6.07) is 0. The second kappa shape index (κ2) is 8.93. The van der Waals surface area contributed by atoms with Gasteiger partial charge in [-0.05, 0) is 31.7 Å². The van der Waals surface area contributed by atoms with Gasteiger partial charge in [-0.2, -0.15) is 0 Å². The van der Waals surface area contributed by atoms with Crippen molar-refractivity contribution in [3.05, 3.63) is 0 Å². The molecule has 0 aromatic heterocycles. The Hall–Kier alpha value is -0.0800. The first-order valence-corrected chi connectivity index (χ1v) is 7.58. The zero-order valence-corrected chi connectivity index (χ0v) is 12.0. The molecular formula is C15H31NO. The van der Waals surface area contributed by atoms with E-state index >= 15 is 0 Å². The minimum atomic E-state index is 0.414. The van der Waals surface area contributed by atoms with Crippen LogP contribution in [0.1, 0.15) is 65.7 Å². The van der Waals surface area contributed by atoms with Gasteiger partial charge in [0.2, 0.25) is 0 Å². The summed E-state index contributed by atoms with van der Waals surface area (Å²) >= 11 is 0. The van der Waals surface area contributed by atoms with Crippen molar-refractivity contribution in [2.75, 3.05) is 13.1 Å². The van der Waals surface area contributed by atoms with Crippen LogP contribution in [0.15, 0.2) is 0 Å². The molecule has 0 bridgehead atoms. The Bertz CT molecular complexity index is 174. The molecule has 0 aromatic rings. The summed E-state index contributed by atoms with van der Waals surface area (Å²) in [4.78, 5) is 0. The molecule has 17 heavy (non-hydrogen) atoms. The molecule has 2 nitrogen and oxygen atoms in total. The molecule has 1 aliphatic carbocycles. The first kappa shape index (κ1) is 15.0. The van der Waals surface area contributed by atoms with Gasteiger partial charge >= 0.3 is 0 Å². The Morgan fingerprint density at radius 2 is 1.71 bits per heavy atom. The highest BCUT2D eigenvalue weighted by atomic mass is 16.5. The third kappa shape index (κ3) is 7.05. The topological polar surface area (TPSA) is 21.3 Å². The fourth-order valence-electron chi connectivity index (χ4n) is 2.47. The van der Waals surface area contributed by atoms with E-state index in [1.807, 2.05) is 0 Å². The average molecular weight is 241 g/mol. The van der Waals surface area contributed by atoms with E-state index in [1.165, 1.54) is 38.5 Å². The summed E-state index contributed by atoms with van der Waals surface area (Å²) in [5, 5.41) is 3.52. The smallest absolute Gasteiger partial charge is 0.0700 e. The normalized spacial score (nSPS) is 20.5. The molecule has 0 spiro atoms. The SMILES string of the molecule is CCC(CNCC(C)C)OC1CCCCCC1. The maximum atomic E-state index is 6.24. The van der Waals surface area contributed by atoms with E-state index in [1.54, 1.807) is 0 Å². The molecule has 1 rings (SSSR count). The number of ether oxygens (including phenoxy) is 1. The molecule has 0 aliphatic heterocycles. The minimum Gasteiger partial charge on any atom is -0.374 e. The molecule has 1 atom stereocenters. The summed E-state index contributed by atoms with van der Waals surface area (Å²) in [5.74, 6) is 0.727. The van der Waals surface area contributed by atoms with Crippen molar-refractivity contribution in [1.82, 2.24) is 5.32 Å². The molecule has 0 heterocycles. The van der Waals surface area contributed by atoms with Gasteiger partial charge in [0.1, 0.15) is 0 Å². The van der Waals surface area contributed by atoms with Crippen molar-refractivity contribution < 1.29 is 4.74 Å². The highest BCUT2D eigenvalue weighted by Gasteiger charge is 2.17. The lowest BCUT2D eigenvalue weighted by molar-refractivity contribution is -0.0201. The molecule has 0 aromatic carbocycles. The van der Waals surface area contributed by atoms with Gasteiger partial charge in [0.05, 0.1) is 12.2 Å². The van der Waals surface area contributed by atoms with Crippen LogP contribution < -0.4 is 5.32 Å². The van der Waals surface area contributed by atoms with Gasteiger partial charge in [-0.1, -0.05) is 46.5 Å². The molecule has 1 saturated carbocycles. The Morgan fingerprint density at radius 1 is 1.06 bits per heavy atom. The summed E-state index contributed by atoms with van der Waals surface area (Å²) < 4.78 is 6.24. The van der Waals surface area contributed by atoms with E-state index in [2.05, 4.69) is 26.1 Å². The maximum absolute atomic E-state index is 6.24. The van der Waals surface area contributed by atoms with E-state index in [4.69, 9.17) is 4.74 Å². The van der Waals surface area contributed by atoms with Gasteiger partial charge in [-0.3, -0.25) is 0 Å². The summed E-state index contributed by atoms with van der Waals surface area (Å²) in [6.07, 6.45) is 10.2. The quantitative estimate of drug-likeness (QED) is 0.685. The van der Waals surface area contributed by atoms with Crippen molar-refractivity contribution in [3.8, 4) is 0 Å². The van der Waals surface area contributed by atoms with Crippen LogP contribution in [0.25, 0.3) is 0 Å². The second-order valence-corrected chi connectivity index (χ2v) is 5.83. The van der Waals surface area contributed by atoms with Crippen LogP contribution in [0.5, 0.6) is 0 Å². The molecule has 1 N–H and O–H groups in total. The predicted molar refractivity (Wildman–Crippen MR) is 74.4 cm³/mol. The average Bonchev–Trinajstić information content (AvgIpc) is 2.55. The van der Waals surface area contributed by atoms with E-state index in [0.717, 1.165) is 25.4 Å². The van der Waals surface area contributed by atoms with Crippen LogP contribution in [-0.4, -0.2) is 25.3 Å².